The fourth-order valence-electron chi connectivity index (χ4n) is 3.24. The van der Waals surface area contributed by atoms with Gasteiger partial charge in [0.2, 0.25) is 5.95 Å². The highest BCUT2D eigenvalue weighted by molar-refractivity contribution is 14.0. The van der Waals surface area contributed by atoms with Crippen molar-refractivity contribution in [2.45, 2.75) is 19.4 Å². The minimum atomic E-state index is 0. The number of anilines is 1. The van der Waals surface area contributed by atoms with Crippen LogP contribution in [0.4, 0.5) is 5.95 Å². The number of hydrogen-bond donors (Lipinski definition) is 2. The topological polar surface area (TPSA) is 86.5 Å². The molecular weight excluding hydrogens is 481 g/mol. The monoisotopic (exact) mass is 513 g/mol. The number of aliphatic imine (C=N–C) groups is 1. The molecule has 3 heterocycles. The van der Waals surface area contributed by atoms with Crippen molar-refractivity contribution in [1.29, 1.82) is 0 Å². The Balaban J connectivity index is 0.00000300. The Bertz CT molecular complexity index is 685. The van der Waals surface area contributed by atoms with Crippen molar-refractivity contribution in [1.82, 2.24) is 35.3 Å². The van der Waals surface area contributed by atoms with E-state index in [4.69, 9.17) is 0 Å². The van der Waals surface area contributed by atoms with Crippen molar-refractivity contribution in [3.8, 4) is 0 Å². The third-order valence-electron chi connectivity index (χ3n) is 4.79. The molecule has 9 nitrogen and oxygen atoms in total. The van der Waals surface area contributed by atoms with E-state index in [0.29, 0.717) is 0 Å². The van der Waals surface area contributed by atoms with Gasteiger partial charge in [0, 0.05) is 77.6 Å². The van der Waals surface area contributed by atoms with E-state index in [0.717, 1.165) is 77.1 Å². The van der Waals surface area contributed by atoms with Crippen LogP contribution in [0.2, 0.25) is 0 Å². The fourth-order valence-corrected chi connectivity index (χ4v) is 3.24. The number of piperazine rings is 1. The van der Waals surface area contributed by atoms with Crippen LogP contribution in [-0.2, 0) is 6.54 Å². The van der Waals surface area contributed by atoms with Gasteiger partial charge in [-0.3, -0.25) is 14.6 Å². The van der Waals surface area contributed by atoms with Gasteiger partial charge in [-0.05, 0) is 31.5 Å². The quantitative estimate of drug-likeness (QED) is 0.225. The van der Waals surface area contributed by atoms with Crippen molar-refractivity contribution in [2.24, 2.45) is 4.99 Å². The van der Waals surface area contributed by atoms with E-state index in [2.05, 4.69) is 40.5 Å². The standard InChI is InChI=1S/C19H31N9.HI/c1-20-18(22-9-4-12-28-13-5-10-25-28)21-8-3-11-26-14-16-27(17-15-26)19-23-6-2-7-24-19;/h2,5-7,10,13H,3-4,8-9,11-12,14-17H2,1H3,(H2,20,21,22);1H. The molecule has 2 N–H and O–H groups in total. The number of nitrogens with zero attached hydrogens (tertiary/aromatic N) is 7. The van der Waals surface area contributed by atoms with Crippen LogP contribution in [0.15, 0.2) is 41.9 Å². The second-order valence-electron chi connectivity index (χ2n) is 6.78. The van der Waals surface area contributed by atoms with Crippen LogP contribution in [0.3, 0.4) is 0 Å². The lowest BCUT2D eigenvalue weighted by molar-refractivity contribution is 0.254. The Morgan fingerprint density at radius 2 is 1.66 bits per heavy atom. The molecule has 0 bridgehead atoms. The Hall–Kier alpha value is -1.95. The van der Waals surface area contributed by atoms with E-state index in [9.17, 15) is 0 Å². The molecule has 2 aromatic heterocycles. The average Bonchev–Trinajstić information content (AvgIpc) is 3.27. The summed E-state index contributed by atoms with van der Waals surface area (Å²) >= 11 is 0. The maximum Gasteiger partial charge on any atom is 0.225 e. The molecule has 3 rings (SSSR count). The van der Waals surface area contributed by atoms with Crippen LogP contribution in [0.1, 0.15) is 12.8 Å². The summed E-state index contributed by atoms with van der Waals surface area (Å²) in [6.45, 7) is 7.87. The van der Waals surface area contributed by atoms with Crippen molar-refractivity contribution < 1.29 is 0 Å². The first kappa shape index (κ1) is 23.3. The van der Waals surface area contributed by atoms with Gasteiger partial charge in [-0.15, -0.1) is 24.0 Å². The predicted octanol–water partition coefficient (Wildman–Crippen LogP) is 1.06. The molecule has 1 aliphatic heterocycles. The lowest BCUT2D eigenvalue weighted by Gasteiger charge is -2.34. The van der Waals surface area contributed by atoms with Gasteiger partial charge in [-0.1, -0.05) is 0 Å². The normalized spacial score (nSPS) is 15.1. The van der Waals surface area contributed by atoms with Crippen LogP contribution in [-0.4, -0.2) is 83.5 Å². The summed E-state index contributed by atoms with van der Waals surface area (Å²) in [7, 11) is 1.81. The Morgan fingerprint density at radius 1 is 0.966 bits per heavy atom. The summed E-state index contributed by atoms with van der Waals surface area (Å²) in [6.07, 6.45) is 9.51. The summed E-state index contributed by atoms with van der Waals surface area (Å²) in [4.78, 5) is 17.7. The number of halogens is 1. The van der Waals surface area contributed by atoms with Crippen LogP contribution < -0.4 is 15.5 Å². The smallest absolute Gasteiger partial charge is 0.225 e. The number of aryl methyl sites for hydroxylation is 1. The minimum absolute atomic E-state index is 0. The molecular formula is C19H32IN9. The average molecular weight is 513 g/mol. The summed E-state index contributed by atoms with van der Waals surface area (Å²) in [5, 5.41) is 11.0. The molecule has 10 heteroatoms. The molecule has 0 saturated carbocycles. The third-order valence-corrected chi connectivity index (χ3v) is 4.79. The number of guanidine groups is 1. The molecule has 0 spiro atoms. The first-order chi connectivity index (χ1) is 13.8. The lowest BCUT2D eigenvalue weighted by Crippen LogP contribution is -2.47. The van der Waals surface area contributed by atoms with Gasteiger partial charge in [0.1, 0.15) is 0 Å². The van der Waals surface area contributed by atoms with E-state index >= 15 is 0 Å². The van der Waals surface area contributed by atoms with E-state index in [1.54, 1.807) is 12.4 Å². The van der Waals surface area contributed by atoms with E-state index < -0.39 is 0 Å². The van der Waals surface area contributed by atoms with Gasteiger partial charge < -0.3 is 15.5 Å². The fraction of sp³-hybridized carbons (Fsp3) is 0.579. The molecule has 29 heavy (non-hydrogen) atoms. The lowest BCUT2D eigenvalue weighted by atomic mass is 10.3. The first-order valence-electron chi connectivity index (χ1n) is 10.0. The molecule has 0 unspecified atom stereocenters. The van der Waals surface area contributed by atoms with Gasteiger partial charge in [0.15, 0.2) is 5.96 Å². The largest absolute Gasteiger partial charge is 0.356 e. The van der Waals surface area contributed by atoms with Crippen LogP contribution >= 0.6 is 24.0 Å². The zero-order valence-electron chi connectivity index (χ0n) is 17.1. The van der Waals surface area contributed by atoms with Crippen LogP contribution in [0.5, 0.6) is 0 Å². The second kappa shape index (κ2) is 13.3. The van der Waals surface area contributed by atoms with Crippen LogP contribution in [0, 0.1) is 0 Å². The zero-order valence-corrected chi connectivity index (χ0v) is 19.4. The maximum absolute atomic E-state index is 4.34. The molecule has 0 radical (unpaired) electrons. The number of rotatable bonds is 9. The van der Waals surface area contributed by atoms with Crippen molar-refractivity contribution in [2.75, 3.05) is 57.8 Å². The summed E-state index contributed by atoms with van der Waals surface area (Å²) in [5.41, 5.74) is 0. The minimum Gasteiger partial charge on any atom is -0.356 e. The molecule has 0 amide bonds. The molecule has 0 aromatic carbocycles. The van der Waals surface area contributed by atoms with E-state index in [-0.39, 0.29) is 24.0 Å². The summed E-state index contributed by atoms with van der Waals surface area (Å²) < 4.78 is 1.95. The Morgan fingerprint density at radius 3 is 2.28 bits per heavy atom. The molecule has 2 aromatic rings. The van der Waals surface area contributed by atoms with Gasteiger partial charge in [-0.25, -0.2) is 9.97 Å². The van der Waals surface area contributed by atoms with E-state index in [1.165, 1.54) is 0 Å². The molecule has 0 aliphatic carbocycles. The summed E-state index contributed by atoms with van der Waals surface area (Å²) in [5.74, 6) is 1.71. The van der Waals surface area contributed by atoms with Crippen molar-refractivity contribution in [3.63, 3.8) is 0 Å². The Kier molecular flexibility index (Phi) is 10.7. The molecule has 160 valence electrons. The maximum atomic E-state index is 4.34. The predicted molar refractivity (Wildman–Crippen MR) is 127 cm³/mol. The molecule has 0 atom stereocenters. The van der Waals surface area contributed by atoms with Crippen molar-refractivity contribution >= 4 is 35.9 Å². The van der Waals surface area contributed by atoms with E-state index in [1.807, 2.05) is 36.3 Å². The van der Waals surface area contributed by atoms with Crippen molar-refractivity contribution in [3.05, 3.63) is 36.9 Å². The number of nitrogens with one attached hydrogen (secondary N) is 2. The second-order valence-corrected chi connectivity index (χ2v) is 6.78. The Labute approximate surface area is 190 Å². The highest BCUT2D eigenvalue weighted by Crippen LogP contribution is 2.09. The highest BCUT2D eigenvalue weighted by atomic mass is 127. The van der Waals surface area contributed by atoms with Gasteiger partial charge in [0.25, 0.3) is 0 Å². The number of hydrogen-bond acceptors (Lipinski definition) is 6. The van der Waals surface area contributed by atoms with Crippen LogP contribution in [0.25, 0.3) is 0 Å². The molecule has 1 fully saturated rings. The van der Waals surface area contributed by atoms with Gasteiger partial charge >= 0.3 is 0 Å². The van der Waals surface area contributed by atoms with Gasteiger partial charge in [0.05, 0.1) is 0 Å². The first-order valence-corrected chi connectivity index (χ1v) is 10.0. The highest BCUT2D eigenvalue weighted by Gasteiger charge is 2.18. The van der Waals surface area contributed by atoms with Gasteiger partial charge in [-0.2, -0.15) is 5.10 Å². The molecule has 1 aliphatic rings. The number of aromatic nitrogens is 4. The SMILES string of the molecule is CN=C(NCCCN1CCN(c2ncccn2)CC1)NCCCn1cccn1.I. The summed E-state index contributed by atoms with van der Waals surface area (Å²) in [6, 6.07) is 3.80. The zero-order chi connectivity index (χ0) is 19.4. The molecule has 1 saturated heterocycles. The third kappa shape index (κ3) is 8.13.